The minimum Gasteiger partial charge on any atom is -0.508 e. The highest BCUT2D eigenvalue weighted by molar-refractivity contribution is 6.35. The third-order valence-electron chi connectivity index (χ3n) is 9.06. The summed E-state index contributed by atoms with van der Waals surface area (Å²) in [6, 6.07) is 12.4. The van der Waals surface area contributed by atoms with Crippen LogP contribution in [0, 0.1) is 5.82 Å². The number of likely N-dealkylation sites (tertiary alicyclic amines) is 1. The summed E-state index contributed by atoms with van der Waals surface area (Å²) in [6.07, 6.45) is 2.70. The van der Waals surface area contributed by atoms with Gasteiger partial charge in [0.15, 0.2) is 11.6 Å². The smallest absolute Gasteiger partial charge is 0.246 e. The first-order valence-electron chi connectivity index (χ1n) is 14.5. The van der Waals surface area contributed by atoms with Gasteiger partial charge < -0.3 is 29.1 Å². The molecule has 2 aliphatic heterocycles. The molecular weight excluding hydrogens is 583 g/mol. The number of aromatic hydroxyl groups is 1. The predicted octanol–water partition coefficient (Wildman–Crippen LogP) is 5.24. The van der Waals surface area contributed by atoms with Crippen LogP contribution in [0.2, 0.25) is 5.02 Å². The van der Waals surface area contributed by atoms with Crippen LogP contribution in [0.3, 0.4) is 0 Å². The van der Waals surface area contributed by atoms with Gasteiger partial charge in [-0.25, -0.2) is 14.4 Å². The van der Waals surface area contributed by atoms with Crippen molar-refractivity contribution in [2.45, 2.75) is 18.2 Å². The number of imidazole rings is 1. The third-order valence-corrected chi connectivity index (χ3v) is 9.36. The summed E-state index contributed by atoms with van der Waals surface area (Å²) < 4.78 is 24.8. The lowest BCUT2D eigenvalue weighted by Crippen LogP contribution is -2.57. The molecule has 2 atom stereocenters. The lowest BCUT2D eigenvalue weighted by molar-refractivity contribution is -0.125. The number of anilines is 1. The van der Waals surface area contributed by atoms with E-state index >= 15 is 4.39 Å². The fourth-order valence-corrected chi connectivity index (χ4v) is 6.88. The number of methoxy groups -OCH3 is 1. The molecule has 0 aliphatic carbocycles. The van der Waals surface area contributed by atoms with Crippen LogP contribution in [0.4, 0.5) is 10.2 Å². The summed E-state index contributed by atoms with van der Waals surface area (Å²) in [5.41, 5.74) is 2.10. The minimum atomic E-state index is -0.581. The number of rotatable bonds is 6. The van der Waals surface area contributed by atoms with Crippen molar-refractivity contribution in [1.29, 1.82) is 0 Å². The molecule has 7 rings (SSSR count). The predicted molar refractivity (Wildman–Crippen MR) is 171 cm³/mol. The van der Waals surface area contributed by atoms with Gasteiger partial charge in [-0.2, -0.15) is 0 Å². The monoisotopic (exact) mass is 614 g/mol. The maximum Gasteiger partial charge on any atom is 0.246 e. The Kier molecular flexibility index (Phi) is 6.95. The van der Waals surface area contributed by atoms with Crippen molar-refractivity contribution in [2.24, 2.45) is 0 Å². The fourth-order valence-electron chi connectivity index (χ4n) is 6.59. The zero-order chi connectivity index (χ0) is 30.9. The average molecular weight is 615 g/mol. The molecule has 11 heteroatoms. The van der Waals surface area contributed by atoms with E-state index in [2.05, 4.69) is 16.4 Å². The van der Waals surface area contributed by atoms with Crippen molar-refractivity contribution in [1.82, 2.24) is 24.3 Å². The van der Waals surface area contributed by atoms with Crippen LogP contribution < -0.4 is 4.90 Å². The highest BCUT2D eigenvalue weighted by atomic mass is 35.5. The van der Waals surface area contributed by atoms with Crippen LogP contribution in [0.5, 0.6) is 5.75 Å². The quantitative estimate of drug-likeness (QED) is 0.262. The summed E-state index contributed by atoms with van der Waals surface area (Å²) in [5, 5.41) is 12.8. The fraction of sp³-hybridized carbons (Fsp3) is 0.303. The molecule has 226 valence electrons. The van der Waals surface area contributed by atoms with E-state index in [1.807, 2.05) is 42.9 Å². The summed E-state index contributed by atoms with van der Waals surface area (Å²) in [5.74, 6) is -0.166. The number of hydrogen-bond acceptors (Lipinski definition) is 7. The molecule has 0 radical (unpaired) electrons. The zero-order valence-corrected chi connectivity index (χ0v) is 25.4. The number of aromatic nitrogens is 3. The van der Waals surface area contributed by atoms with Crippen LogP contribution >= 0.6 is 11.6 Å². The molecule has 0 bridgehead atoms. The number of ether oxygens (including phenoxy) is 1. The Morgan fingerprint density at radius 1 is 1.14 bits per heavy atom. The molecule has 4 heterocycles. The third kappa shape index (κ3) is 4.39. The summed E-state index contributed by atoms with van der Waals surface area (Å²) in [6.45, 7) is 5.85. The number of pyridine rings is 1. The number of nitrogens with zero attached hydrogens (tertiary/aromatic N) is 6. The topological polar surface area (TPSA) is 87.0 Å². The molecule has 0 unspecified atom stereocenters. The van der Waals surface area contributed by atoms with Crippen molar-refractivity contribution in [3.05, 3.63) is 72.3 Å². The number of amides is 1. The zero-order valence-electron chi connectivity index (χ0n) is 24.7. The largest absolute Gasteiger partial charge is 0.508 e. The Bertz CT molecular complexity index is 1970. The van der Waals surface area contributed by atoms with Gasteiger partial charge in [-0.3, -0.25) is 4.79 Å². The van der Waals surface area contributed by atoms with E-state index in [-0.39, 0.29) is 39.9 Å². The molecule has 2 fully saturated rings. The van der Waals surface area contributed by atoms with Crippen molar-refractivity contribution in [3.63, 3.8) is 0 Å². The van der Waals surface area contributed by atoms with E-state index in [1.165, 1.54) is 12.1 Å². The lowest BCUT2D eigenvalue weighted by atomic mass is 9.95. The number of carbonyl (C=O) groups excluding carboxylic acids is 1. The van der Waals surface area contributed by atoms with E-state index in [1.54, 1.807) is 30.5 Å². The molecule has 9 nitrogen and oxygen atoms in total. The van der Waals surface area contributed by atoms with Crippen LogP contribution in [0.15, 0.2) is 61.4 Å². The van der Waals surface area contributed by atoms with Gasteiger partial charge in [0.1, 0.15) is 16.8 Å². The average Bonchev–Trinajstić information content (AvgIpc) is 3.61. The number of fused-ring (bicyclic) bond motifs is 4. The van der Waals surface area contributed by atoms with E-state index in [9.17, 15) is 9.90 Å². The molecule has 2 saturated heterocycles. The normalized spacial score (nSPS) is 19.0. The number of phenols is 1. The molecule has 1 N–H and O–H groups in total. The Labute approximate surface area is 258 Å². The Morgan fingerprint density at radius 2 is 1.91 bits per heavy atom. The van der Waals surface area contributed by atoms with Crippen molar-refractivity contribution < 1.29 is 19.0 Å². The maximum atomic E-state index is 17.0. The van der Waals surface area contributed by atoms with Gasteiger partial charge >= 0.3 is 0 Å². The first-order chi connectivity index (χ1) is 21.2. The second-order valence-corrected chi connectivity index (χ2v) is 12.2. The van der Waals surface area contributed by atoms with Crippen LogP contribution in [0.25, 0.3) is 43.8 Å². The van der Waals surface area contributed by atoms with Crippen LogP contribution in [0.1, 0.15) is 6.04 Å². The number of carbonyl (C=O) groups is 1. The first-order valence-corrected chi connectivity index (χ1v) is 14.8. The second-order valence-electron chi connectivity index (χ2n) is 11.8. The first kappa shape index (κ1) is 28.5. The molecule has 3 aromatic carbocycles. The van der Waals surface area contributed by atoms with Crippen LogP contribution in [-0.4, -0.2) is 94.9 Å². The minimum absolute atomic E-state index is 0.0113. The highest BCUT2D eigenvalue weighted by Crippen LogP contribution is 2.44. The van der Waals surface area contributed by atoms with E-state index in [4.69, 9.17) is 26.3 Å². The van der Waals surface area contributed by atoms with Gasteiger partial charge in [0.2, 0.25) is 5.91 Å². The number of halogens is 2. The van der Waals surface area contributed by atoms with Gasteiger partial charge in [0, 0.05) is 50.3 Å². The summed E-state index contributed by atoms with van der Waals surface area (Å²) in [7, 11) is 5.69. The molecule has 0 saturated carbocycles. The van der Waals surface area contributed by atoms with Gasteiger partial charge in [0.25, 0.3) is 0 Å². The molecule has 44 heavy (non-hydrogen) atoms. The van der Waals surface area contributed by atoms with Gasteiger partial charge in [0.05, 0.1) is 29.0 Å². The number of hydrogen-bond donors (Lipinski definition) is 1. The molecule has 2 aromatic heterocycles. The van der Waals surface area contributed by atoms with E-state index in [0.29, 0.717) is 46.9 Å². The molecular formula is C33H32ClFN6O3. The summed E-state index contributed by atoms with van der Waals surface area (Å²) in [4.78, 5) is 28.2. The summed E-state index contributed by atoms with van der Waals surface area (Å²) >= 11 is 6.93. The van der Waals surface area contributed by atoms with Gasteiger partial charge in [-0.05, 0) is 54.7 Å². The molecule has 1 amide bonds. The highest BCUT2D eigenvalue weighted by Gasteiger charge is 2.38. The van der Waals surface area contributed by atoms with Crippen molar-refractivity contribution in [3.8, 4) is 16.9 Å². The van der Waals surface area contributed by atoms with E-state index < -0.39 is 5.82 Å². The van der Waals surface area contributed by atoms with E-state index in [0.717, 1.165) is 23.9 Å². The molecule has 0 spiro atoms. The standard InChI is InChI=1S/C33H32ClFN6O3/c1-5-27(43)39-15-25(26(16-39)44-4)41-17-36-31-32(41)23-12-24(34)28(22-11-20(42)10-18-8-6-7-9-21(18)22)29(35)30(23)37-33(31)40-13-19(14-40)38(2)3/h5-12,17,19,25-26,42H,1,13-16H2,2-4H3/t25-,26-/m0/s1. The number of benzene rings is 3. The van der Waals surface area contributed by atoms with Crippen molar-refractivity contribution >= 4 is 56.0 Å². The number of likely N-dealkylation sites (N-methyl/N-ethyl adjacent to an activating group) is 1. The SMILES string of the molecule is C=CC(=O)N1C[C@H](OC)[C@@H](n2cnc3c(N4CC(N(C)C)C4)nc4c(F)c(-c5cc(O)cc6ccccc56)c(Cl)cc4c32)C1. The Morgan fingerprint density at radius 3 is 2.64 bits per heavy atom. The van der Waals surface area contributed by atoms with Crippen molar-refractivity contribution in [2.75, 3.05) is 52.3 Å². The molecule has 5 aromatic rings. The Hall–Kier alpha value is -4.25. The lowest BCUT2D eigenvalue weighted by Gasteiger charge is -2.43. The molecule has 2 aliphatic rings. The Balaban J connectivity index is 1.48. The maximum absolute atomic E-state index is 17.0. The van der Waals surface area contributed by atoms with Gasteiger partial charge in [-0.15, -0.1) is 0 Å². The second kappa shape index (κ2) is 10.7. The van der Waals surface area contributed by atoms with Crippen LogP contribution in [-0.2, 0) is 9.53 Å². The number of phenolic OH excluding ortho intramolecular Hbond substituents is 1. The van der Waals surface area contributed by atoms with Gasteiger partial charge in [-0.1, -0.05) is 42.4 Å².